The number of hydrogen-bond acceptors (Lipinski definition) is 0. The Bertz CT molecular complexity index is 918. The van der Waals surface area contributed by atoms with Gasteiger partial charge >= 0.3 is 149 Å². The molecule has 0 spiro atoms. The Morgan fingerprint density at radius 3 is 1.54 bits per heavy atom. The standard InChI is InChI=1S/C23H17As/c1-4-10-18(11-5-1)21-16-17-22(19-12-6-2-7-13-19)24-23(21)20-14-8-3-9-15-20/h1-17H. The molecule has 0 saturated carbocycles. The monoisotopic (exact) mass is 368 g/mol. The molecule has 4 rings (SSSR count). The maximum atomic E-state index is 2.31. The van der Waals surface area contributed by atoms with Crippen molar-refractivity contribution in [1.82, 2.24) is 0 Å². The van der Waals surface area contributed by atoms with Crippen LogP contribution >= 0.6 is 0 Å². The summed E-state index contributed by atoms with van der Waals surface area (Å²) in [6, 6.07) is 32.3. The van der Waals surface area contributed by atoms with Gasteiger partial charge in [0.25, 0.3) is 0 Å². The van der Waals surface area contributed by atoms with Gasteiger partial charge in [0.2, 0.25) is 0 Å². The van der Waals surface area contributed by atoms with Gasteiger partial charge in [0.05, 0.1) is 0 Å². The van der Waals surface area contributed by atoms with E-state index in [1.165, 1.54) is 30.9 Å². The Labute approximate surface area is 149 Å². The SMILES string of the molecule is C1=C(c2ccccc2)[As]=C(c2ccccc2)C(c2ccccc2)=C1. The molecule has 0 radical (unpaired) electrons. The van der Waals surface area contributed by atoms with E-state index in [4.69, 9.17) is 0 Å². The summed E-state index contributed by atoms with van der Waals surface area (Å²) in [6.45, 7) is 0. The van der Waals surface area contributed by atoms with Gasteiger partial charge < -0.3 is 0 Å². The van der Waals surface area contributed by atoms with Crippen LogP contribution in [0.25, 0.3) is 9.93 Å². The summed E-state index contributed by atoms with van der Waals surface area (Å²) in [7, 11) is 0. The second kappa shape index (κ2) is 6.99. The van der Waals surface area contributed by atoms with Crippen molar-refractivity contribution in [3.63, 3.8) is 0 Å². The van der Waals surface area contributed by atoms with E-state index in [1.54, 1.807) is 0 Å². The fourth-order valence-corrected chi connectivity index (χ4v) is 5.56. The molecule has 0 atom stereocenters. The quantitative estimate of drug-likeness (QED) is 0.568. The van der Waals surface area contributed by atoms with Crippen molar-refractivity contribution in [3.05, 3.63) is 120 Å². The average molecular weight is 368 g/mol. The molecule has 1 aliphatic rings. The van der Waals surface area contributed by atoms with Crippen molar-refractivity contribution in [2.24, 2.45) is 0 Å². The van der Waals surface area contributed by atoms with E-state index >= 15 is 0 Å². The second-order valence-electron chi connectivity index (χ2n) is 5.69. The van der Waals surface area contributed by atoms with Gasteiger partial charge in [-0.15, -0.1) is 0 Å². The molecule has 24 heavy (non-hydrogen) atoms. The van der Waals surface area contributed by atoms with Gasteiger partial charge in [-0.05, 0) is 0 Å². The molecule has 0 nitrogen and oxygen atoms in total. The summed E-state index contributed by atoms with van der Waals surface area (Å²) >= 11 is -0.0560. The number of hydrogen-bond donors (Lipinski definition) is 0. The predicted molar refractivity (Wildman–Crippen MR) is 105 cm³/mol. The average Bonchev–Trinajstić information content (AvgIpc) is 2.69. The fraction of sp³-hybridized carbons (Fsp3) is 0. The first-order chi connectivity index (χ1) is 11.9. The van der Waals surface area contributed by atoms with Gasteiger partial charge in [-0.25, -0.2) is 0 Å². The number of rotatable bonds is 3. The van der Waals surface area contributed by atoms with Crippen LogP contribution in [0.5, 0.6) is 0 Å². The van der Waals surface area contributed by atoms with Gasteiger partial charge in [-0.3, -0.25) is 0 Å². The van der Waals surface area contributed by atoms with Crippen LogP contribution in [-0.4, -0.2) is 19.6 Å². The Kier molecular flexibility index (Phi) is 4.40. The number of benzene rings is 3. The Balaban J connectivity index is 1.86. The molecule has 0 aliphatic carbocycles. The van der Waals surface area contributed by atoms with E-state index in [9.17, 15) is 0 Å². The maximum absolute atomic E-state index is 2.31. The minimum atomic E-state index is -0.0560. The van der Waals surface area contributed by atoms with Crippen LogP contribution < -0.4 is 0 Å². The van der Waals surface area contributed by atoms with Crippen LogP contribution in [0.2, 0.25) is 0 Å². The van der Waals surface area contributed by atoms with Crippen molar-refractivity contribution in [2.75, 3.05) is 0 Å². The Morgan fingerprint density at radius 2 is 0.958 bits per heavy atom. The topological polar surface area (TPSA) is 0 Å². The van der Waals surface area contributed by atoms with Crippen LogP contribution in [0.4, 0.5) is 0 Å². The molecule has 1 heteroatoms. The molecule has 0 aromatic heterocycles. The molecule has 1 aliphatic heterocycles. The summed E-state index contributed by atoms with van der Waals surface area (Å²) in [4.78, 5) is 0. The molecule has 0 bridgehead atoms. The van der Waals surface area contributed by atoms with E-state index in [0.29, 0.717) is 0 Å². The normalized spacial score (nSPS) is 14.4. The first-order valence-corrected chi connectivity index (χ1v) is 9.97. The van der Waals surface area contributed by atoms with E-state index in [-0.39, 0.29) is 15.3 Å². The first kappa shape index (κ1) is 15.1. The van der Waals surface area contributed by atoms with Crippen LogP contribution in [0.1, 0.15) is 16.7 Å². The van der Waals surface area contributed by atoms with E-state index in [2.05, 4.69) is 103 Å². The molecule has 0 fully saturated rings. The van der Waals surface area contributed by atoms with Gasteiger partial charge in [0.1, 0.15) is 0 Å². The van der Waals surface area contributed by atoms with Crippen molar-refractivity contribution in [1.29, 1.82) is 0 Å². The minimum absolute atomic E-state index is 0.0560. The van der Waals surface area contributed by atoms with E-state index < -0.39 is 0 Å². The third kappa shape index (κ3) is 3.11. The van der Waals surface area contributed by atoms with E-state index in [1.807, 2.05) is 0 Å². The molecule has 0 saturated heterocycles. The molecular formula is C23H17As. The summed E-state index contributed by atoms with van der Waals surface area (Å²) in [5.74, 6) is 0. The van der Waals surface area contributed by atoms with Gasteiger partial charge in [-0.1, -0.05) is 0 Å². The van der Waals surface area contributed by atoms with Crippen LogP contribution in [0, 0.1) is 0 Å². The Hall–Kier alpha value is -2.43. The molecule has 0 amide bonds. The molecule has 0 unspecified atom stereocenters. The molecular weight excluding hydrogens is 351 g/mol. The summed E-state index contributed by atoms with van der Waals surface area (Å²) in [5.41, 5.74) is 5.35. The predicted octanol–water partition coefficient (Wildman–Crippen LogP) is 5.05. The zero-order chi connectivity index (χ0) is 16.2. The van der Waals surface area contributed by atoms with Crippen LogP contribution in [-0.2, 0) is 0 Å². The van der Waals surface area contributed by atoms with Gasteiger partial charge in [0, 0.05) is 0 Å². The van der Waals surface area contributed by atoms with Crippen LogP contribution in [0.3, 0.4) is 0 Å². The molecule has 1 heterocycles. The number of allylic oxidation sites excluding steroid dienone is 3. The third-order valence-electron chi connectivity index (χ3n) is 4.10. The molecule has 3 aromatic rings. The zero-order valence-electron chi connectivity index (χ0n) is 13.3. The zero-order valence-corrected chi connectivity index (χ0v) is 15.1. The van der Waals surface area contributed by atoms with Crippen molar-refractivity contribution in [3.8, 4) is 0 Å². The van der Waals surface area contributed by atoms with E-state index in [0.717, 1.165) is 0 Å². The molecule has 3 aromatic carbocycles. The molecule has 0 N–H and O–H groups in total. The first-order valence-electron chi connectivity index (χ1n) is 8.09. The molecule has 114 valence electrons. The Morgan fingerprint density at radius 1 is 0.458 bits per heavy atom. The fourth-order valence-electron chi connectivity index (χ4n) is 2.90. The second-order valence-corrected chi connectivity index (χ2v) is 8.11. The van der Waals surface area contributed by atoms with Gasteiger partial charge in [-0.2, -0.15) is 0 Å². The van der Waals surface area contributed by atoms with Crippen LogP contribution in [0.15, 0.2) is 103 Å². The van der Waals surface area contributed by atoms with Crippen molar-refractivity contribution >= 4 is 29.5 Å². The summed E-state index contributed by atoms with van der Waals surface area (Å²) < 4.78 is 2.95. The summed E-state index contributed by atoms with van der Waals surface area (Å²) in [5, 5.41) is 0. The van der Waals surface area contributed by atoms with Crippen molar-refractivity contribution < 1.29 is 0 Å². The third-order valence-corrected chi connectivity index (χ3v) is 6.97. The van der Waals surface area contributed by atoms with Gasteiger partial charge in [0.15, 0.2) is 0 Å². The summed E-state index contributed by atoms with van der Waals surface area (Å²) in [6.07, 6.45) is 4.60. The van der Waals surface area contributed by atoms with Crippen molar-refractivity contribution in [2.45, 2.75) is 0 Å².